The van der Waals surface area contributed by atoms with E-state index in [0.29, 0.717) is 23.4 Å². The number of hydrogen-bond acceptors (Lipinski definition) is 5. The number of piperazine rings is 1. The topological polar surface area (TPSA) is 94.1 Å². The maximum atomic E-state index is 13.4. The number of nitrogens with one attached hydrogen (secondary N) is 2. The third-order valence-electron chi connectivity index (χ3n) is 5.12. The molecule has 2 unspecified atom stereocenters. The Kier molecular flexibility index (Phi) is 4.31. The lowest BCUT2D eigenvalue weighted by molar-refractivity contribution is 0.0618. The molecule has 3 aromatic rings. The Morgan fingerprint density at radius 1 is 1.26 bits per heavy atom. The number of carbonyl (C=O) groups is 1. The lowest BCUT2D eigenvalue weighted by Gasteiger charge is -2.37. The summed E-state index contributed by atoms with van der Waals surface area (Å²) in [7, 11) is 0. The summed E-state index contributed by atoms with van der Waals surface area (Å²) in [6.45, 7) is 7.47. The number of phenols is 1. The van der Waals surface area contributed by atoms with Gasteiger partial charge in [0.2, 0.25) is 0 Å². The zero-order valence-electron chi connectivity index (χ0n) is 15.7. The summed E-state index contributed by atoms with van der Waals surface area (Å²) >= 11 is 0. The Morgan fingerprint density at radius 2 is 2.00 bits per heavy atom. The molecule has 0 spiro atoms. The number of benzene rings is 1. The standard InChI is InChI=1S/C20H23N5O2/c1-11-10-25(12(2)9-21-11)20(27)16-8-17(14-4-6-15(26)7-5-14)22-19-18(16)13(3)23-24-19/h4-8,11-12,21,26H,9-10H2,1-3H3,(H,22,23,24). The van der Waals surface area contributed by atoms with E-state index in [1.807, 2.05) is 17.9 Å². The van der Waals surface area contributed by atoms with Crippen LogP contribution in [0.5, 0.6) is 5.75 Å². The second-order valence-corrected chi connectivity index (χ2v) is 7.26. The van der Waals surface area contributed by atoms with Gasteiger partial charge in [-0.3, -0.25) is 9.89 Å². The van der Waals surface area contributed by atoms with Crippen LogP contribution in [0.2, 0.25) is 0 Å². The number of amides is 1. The quantitative estimate of drug-likeness (QED) is 0.649. The Hall–Kier alpha value is -2.93. The van der Waals surface area contributed by atoms with E-state index in [0.717, 1.165) is 23.2 Å². The van der Waals surface area contributed by atoms with Crippen LogP contribution >= 0.6 is 0 Å². The van der Waals surface area contributed by atoms with Gasteiger partial charge in [0, 0.05) is 36.4 Å². The number of pyridine rings is 1. The van der Waals surface area contributed by atoms with E-state index in [1.165, 1.54) is 0 Å². The normalized spacial score (nSPS) is 20.2. The molecular formula is C20H23N5O2. The number of aryl methyl sites for hydroxylation is 1. The second-order valence-electron chi connectivity index (χ2n) is 7.26. The molecule has 2 atom stereocenters. The summed E-state index contributed by atoms with van der Waals surface area (Å²) < 4.78 is 0. The van der Waals surface area contributed by atoms with Crippen molar-refractivity contribution in [1.29, 1.82) is 0 Å². The molecule has 0 saturated carbocycles. The van der Waals surface area contributed by atoms with Gasteiger partial charge >= 0.3 is 0 Å². The molecule has 1 amide bonds. The largest absolute Gasteiger partial charge is 0.508 e. The third-order valence-corrected chi connectivity index (χ3v) is 5.12. The number of fused-ring (bicyclic) bond motifs is 1. The fraction of sp³-hybridized carbons (Fsp3) is 0.350. The van der Waals surface area contributed by atoms with Crippen LogP contribution < -0.4 is 5.32 Å². The second kappa shape index (κ2) is 6.66. The van der Waals surface area contributed by atoms with Crippen molar-refractivity contribution in [3.05, 3.63) is 41.6 Å². The average molecular weight is 365 g/mol. The Labute approximate surface area is 157 Å². The van der Waals surface area contributed by atoms with Crippen LogP contribution in [0.15, 0.2) is 30.3 Å². The van der Waals surface area contributed by atoms with Gasteiger partial charge in [0.1, 0.15) is 5.75 Å². The van der Waals surface area contributed by atoms with Gasteiger partial charge in [0.05, 0.1) is 16.6 Å². The molecule has 7 nitrogen and oxygen atoms in total. The minimum atomic E-state index is -0.00669. The summed E-state index contributed by atoms with van der Waals surface area (Å²) in [6, 6.07) is 8.99. The van der Waals surface area contributed by atoms with Crippen molar-refractivity contribution in [2.24, 2.45) is 0 Å². The first-order valence-corrected chi connectivity index (χ1v) is 9.13. The van der Waals surface area contributed by atoms with E-state index in [-0.39, 0.29) is 23.7 Å². The molecule has 3 N–H and O–H groups in total. The number of hydrogen-bond donors (Lipinski definition) is 3. The van der Waals surface area contributed by atoms with Crippen LogP contribution in [-0.4, -0.2) is 56.3 Å². The zero-order valence-corrected chi connectivity index (χ0v) is 15.7. The van der Waals surface area contributed by atoms with Gasteiger partial charge < -0.3 is 15.3 Å². The molecule has 140 valence electrons. The number of aromatic nitrogens is 3. The van der Waals surface area contributed by atoms with Gasteiger partial charge in [0.15, 0.2) is 5.65 Å². The number of aromatic amines is 1. The zero-order chi connectivity index (χ0) is 19.1. The Bertz CT molecular complexity index is 996. The first-order chi connectivity index (χ1) is 12.9. The molecular weight excluding hydrogens is 342 g/mol. The molecule has 27 heavy (non-hydrogen) atoms. The predicted molar refractivity (Wildman–Crippen MR) is 104 cm³/mol. The van der Waals surface area contributed by atoms with E-state index in [4.69, 9.17) is 0 Å². The minimum absolute atomic E-state index is 0.00669. The van der Waals surface area contributed by atoms with Crippen LogP contribution in [0.4, 0.5) is 0 Å². The lowest BCUT2D eigenvalue weighted by Crippen LogP contribution is -2.56. The van der Waals surface area contributed by atoms with Gasteiger partial charge in [-0.15, -0.1) is 0 Å². The molecule has 4 rings (SSSR count). The van der Waals surface area contributed by atoms with Crippen molar-refractivity contribution in [2.75, 3.05) is 13.1 Å². The number of carbonyl (C=O) groups excluding carboxylic acids is 1. The Morgan fingerprint density at radius 3 is 2.74 bits per heavy atom. The SMILES string of the molecule is Cc1[nH]nc2nc(-c3ccc(O)cc3)cc(C(=O)N3CC(C)NCC3C)c12. The number of rotatable bonds is 2. The van der Waals surface area contributed by atoms with Gasteiger partial charge in [-0.05, 0) is 51.1 Å². The molecule has 0 bridgehead atoms. The number of phenolic OH excluding ortho intramolecular Hbond substituents is 1. The van der Waals surface area contributed by atoms with E-state index in [2.05, 4.69) is 34.3 Å². The lowest BCUT2D eigenvalue weighted by atomic mass is 10.0. The number of nitrogens with zero attached hydrogens (tertiary/aromatic N) is 3. The molecule has 1 aromatic carbocycles. The number of H-pyrrole nitrogens is 1. The molecule has 1 saturated heterocycles. The van der Waals surface area contributed by atoms with Crippen molar-refractivity contribution in [2.45, 2.75) is 32.9 Å². The average Bonchev–Trinajstić information content (AvgIpc) is 3.04. The first-order valence-electron chi connectivity index (χ1n) is 9.13. The van der Waals surface area contributed by atoms with Crippen molar-refractivity contribution in [1.82, 2.24) is 25.4 Å². The van der Waals surface area contributed by atoms with Crippen molar-refractivity contribution >= 4 is 16.9 Å². The maximum Gasteiger partial charge on any atom is 0.255 e. The fourth-order valence-electron chi connectivity index (χ4n) is 3.58. The van der Waals surface area contributed by atoms with Gasteiger partial charge in [-0.1, -0.05) is 0 Å². The third kappa shape index (κ3) is 3.14. The fourth-order valence-corrected chi connectivity index (χ4v) is 3.58. The van der Waals surface area contributed by atoms with E-state index >= 15 is 0 Å². The molecule has 7 heteroatoms. The van der Waals surface area contributed by atoms with Crippen LogP contribution in [0, 0.1) is 6.92 Å². The molecule has 1 aliphatic heterocycles. The van der Waals surface area contributed by atoms with Gasteiger partial charge in [-0.2, -0.15) is 5.10 Å². The molecule has 0 radical (unpaired) electrons. The van der Waals surface area contributed by atoms with Gasteiger partial charge in [0.25, 0.3) is 5.91 Å². The van der Waals surface area contributed by atoms with Crippen LogP contribution in [0.25, 0.3) is 22.3 Å². The van der Waals surface area contributed by atoms with E-state index in [9.17, 15) is 9.90 Å². The summed E-state index contributed by atoms with van der Waals surface area (Å²) in [6.07, 6.45) is 0. The van der Waals surface area contributed by atoms with Crippen LogP contribution in [-0.2, 0) is 0 Å². The summed E-state index contributed by atoms with van der Waals surface area (Å²) in [4.78, 5) is 20.0. The summed E-state index contributed by atoms with van der Waals surface area (Å²) in [5.74, 6) is 0.183. The highest BCUT2D eigenvalue weighted by Crippen LogP contribution is 2.28. The van der Waals surface area contributed by atoms with Crippen LogP contribution in [0.1, 0.15) is 29.9 Å². The monoisotopic (exact) mass is 365 g/mol. The number of aromatic hydroxyl groups is 1. The Balaban J connectivity index is 1.84. The van der Waals surface area contributed by atoms with Gasteiger partial charge in [-0.25, -0.2) is 4.98 Å². The van der Waals surface area contributed by atoms with Crippen molar-refractivity contribution in [3.63, 3.8) is 0 Å². The van der Waals surface area contributed by atoms with Crippen molar-refractivity contribution < 1.29 is 9.90 Å². The highest BCUT2D eigenvalue weighted by molar-refractivity contribution is 6.07. The smallest absolute Gasteiger partial charge is 0.255 e. The molecule has 1 fully saturated rings. The van der Waals surface area contributed by atoms with Crippen LogP contribution in [0.3, 0.4) is 0 Å². The van der Waals surface area contributed by atoms with E-state index in [1.54, 1.807) is 24.3 Å². The highest BCUT2D eigenvalue weighted by Gasteiger charge is 2.29. The van der Waals surface area contributed by atoms with Crippen molar-refractivity contribution in [3.8, 4) is 17.0 Å². The molecule has 0 aliphatic carbocycles. The predicted octanol–water partition coefficient (Wildman–Crippen LogP) is 2.46. The molecule has 1 aliphatic rings. The summed E-state index contributed by atoms with van der Waals surface area (Å²) in [5.41, 5.74) is 3.45. The highest BCUT2D eigenvalue weighted by atomic mass is 16.3. The molecule has 3 heterocycles. The minimum Gasteiger partial charge on any atom is -0.508 e. The molecule has 2 aromatic heterocycles. The van der Waals surface area contributed by atoms with E-state index < -0.39 is 0 Å². The first kappa shape index (κ1) is 17.5. The summed E-state index contributed by atoms with van der Waals surface area (Å²) in [5, 5.41) is 20.9. The maximum absolute atomic E-state index is 13.4.